The molecule has 0 saturated carbocycles. The quantitative estimate of drug-likeness (QED) is 0.438. The lowest BCUT2D eigenvalue weighted by Gasteiger charge is -2.05. The first-order valence-corrected chi connectivity index (χ1v) is 8.03. The SMILES string of the molecule is Cc1ccc(SCc2nc(NN)c3ccsc3n2)cc1. The number of hydrogen-bond donors (Lipinski definition) is 2. The van der Waals surface area contributed by atoms with Crippen molar-refractivity contribution in [1.82, 2.24) is 9.97 Å². The number of benzene rings is 1. The fraction of sp³-hybridized carbons (Fsp3) is 0.143. The van der Waals surface area contributed by atoms with E-state index >= 15 is 0 Å². The summed E-state index contributed by atoms with van der Waals surface area (Å²) in [7, 11) is 0. The molecule has 2 aromatic heterocycles. The number of fused-ring (bicyclic) bond motifs is 1. The third kappa shape index (κ3) is 2.77. The number of nitrogen functional groups attached to an aromatic ring is 1. The van der Waals surface area contributed by atoms with Gasteiger partial charge in [-0.25, -0.2) is 15.8 Å². The van der Waals surface area contributed by atoms with Crippen LogP contribution in [0.4, 0.5) is 5.82 Å². The van der Waals surface area contributed by atoms with E-state index in [-0.39, 0.29) is 0 Å². The molecule has 4 nitrogen and oxygen atoms in total. The molecule has 3 N–H and O–H groups in total. The van der Waals surface area contributed by atoms with Gasteiger partial charge in [0, 0.05) is 4.90 Å². The highest BCUT2D eigenvalue weighted by atomic mass is 32.2. The van der Waals surface area contributed by atoms with E-state index in [1.807, 2.05) is 11.4 Å². The van der Waals surface area contributed by atoms with Gasteiger partial charge in [0.15, 0.2) is 5.82 Å². The molecule has 3 rings (SSSR count). The maximum atomic E-state index is 5.53. The average Bonchev–Trinajstić information content (AvgIpc) is 2.94. The highest BCUT2D eigenvalue weighted by Crippen LogP contribution is 2.27. The van der Waals surface area contributed by atoms with Gasteiger partial charge in [0.1, 0.15) is 10.7 Å². The van der Waals surface area contributed by atoms with Gasteiger partial charge in [-0.1, -0.05) is 17.7 Å². The van der Waals surface area contributed by atoms with Crippen molar-refractivity contribution in [3.63, 3.8) is 0 Å². The Bertz CT molecular complexity index is 722. The van der Waals surface area contributed by atoms with Crippen LogP contribution in [0.5, 0.6) is 0 Å². The molecule has 0 amide bonds. The molecule has 0 aliphatic carbocycles. The molecule has 0 fully saturated rings. The summed E-state index contributed by atoms with van der Waals surface area (Å²) < 4.78 is 0. The first-order valence-electron chi connectivity index (χ1n) is 6.16. The predicted octanol–water partition coefficient (Wildman–Crippen LogP) is 3.58. The number of rotatable bonds is 4. The van der Waals surface area contributed by atoms with Gasteiger partial charge in [-0.05, 0) is 30.5 Å². The molecule has 0 aliphatic rings. The van der Waals surface area contributed by atoms with E-state index < -0.39 is 0 Å². The average molecular weight is 302 g/mol. The molecule has 0 unspecified atom stereocenters. The van der Waals surface area contributed by atoms with E-state index in [0.717, 1.165) is 21.8 Å². The Balaban J connectivity index is 1.81. The van der Waals surface area contributed by atoms with Crippen LogP contribution in [0.15, 0.2) is 40.6 Å². The van der Waals surface area contributed by atoms with Crippen LogP contribution in [-0.2, 0) is 5.75 Å². The standard InChI is InChI=1S/C14H14N4S2/c1-9-2-4-10(5-3-9)20-8-12-16-13(18-15)11-6-7-19-14(11)17-12/h2-7H,8,15H2,1H3,(H,16,17,18). The minimum absolute atomic E-state index is 0.691. The monoisotopic (exact) mass is 302 g/mol. The van der Waals surface area contributed by atoms with Crippen molar-refractivity contribution in [2.45, 2.75) is 17.6 Å². The third-order valence-corrected chi connectivity index (χ3v) is 4.71. The van der Waals surface area contributed by atoms with Gasteiger partial charge in [-0.2, -0.15) is 0 Å². The summed E-state index contributed by atoms with van der Waals surface area (Å²) >= 11 is 3.32. The lowest BCUT2D eigenvalue weighted by molar-refractivity contribution is 1.06. The molecule has 3 aromatic rings. The Morgan fingerprint density at radius 3 is 2.75 bits per heavy atom. The first-order chi connectivity index (χ1) is 9.76. The summed E-state index contributed by atoms with van der Waals surface area (Å²) in [5.41, 5.74) is 3.91. The van der Waals surface area contributed by atoms with E-state index in [2.05, 4.69) is 46.6 Å². The Labute approximate surface area is 125 Å². The van der Waals surface area contributed by atoms with Crippen molar-refractivity contribution < 1.29 is 0 Å². The van der Waals surface area contributed by atoms with E-state index in [1.54, 1.807) is 23.1 Å². The number of aryl methyl sites for hydroxylation is 1. The highest BCUT2D eigenvalue weighted by molar-refractivity contribution is 7.98. The number of hydrogen-bond acceptors (Lipinski definition) is 6. The molecule has 20 heavy (non-hydrogen) atoms. The van der Waals surface area contributed by atoms with Crippen LogP contribution in [0, 0.1) is 6.92 Å². The lowest BCUT2D eigenvalue weighted by Crippen LogP contribution is -2.10. The second-order valence-corrected chi connectivity index (χ2v) is 6.32. The molecule has 2 heterocycles. The molecule has 0 spiro atoms. The van der Waals surface area contributed by atoms with Gasteiger partial charge in [0.2, 0.25) is 0 Å². The van der Waals surface area contributed by atoms with Crippen LogP contribution < -0.4 is 11.3 Å². The maximum absolute atomic E-state index is 5.53. The Morgan fingerprint density at radius 1 is 1.20 bits per heavy atom. The van der Waals surface area contributed by atoms with Gasteiger partial charge >= 0.3 is 0 Å². The van der Waals surface area contributed by atoms with Crippen molar-refractivity contribution >= 4 is 39.1 Å². The smallest absolute Gasteiger partial charge is 0.152 e. The van der Waals surface area contributed by atoms with Gasteiger partial charge in [-0.15, -0.1) is 23.1 Å². The normalized spacial score (nSPS) is 10.9. The van der Waals surface area contributed by atoms with Crippen molar-refractivity contribution in [1.29, 1.82) is 0 Å². The summed E-state index contributed by atoms with van der Waals surface area (Å²) in [5, 5.41) is 2.97. The molecule has 102 valence electrons. The van der Waals surface area contributed by atoms with Crippen molar-refractivity contribution in [2.24, 2.45) is 5.84 Å². The topological polar surface area (TPSA) is 63.8 Å². The summed E-state index contributed by atoms with van der Waals surface area (Å²) in [4.78, 5) is 11.2. The lowest BCUT2D eigenvalue weighted by atomic mass is 10.2. The molecule has 0 atom stereocenters. The van der Waals surface area contributed by atoms with Crippen LogP contribution in [-0.4, -0.2) is 9.97 Å². The zero-order chi connectivity index (χ0) is 13.9. The van der Waals surface area contributed by atoms with Gasteiger partial charge < -0.3 is 5.43 Å². The Kier molecular flexibility index (Phi) is 3.86. The summed E-state index contributed by atoms with van der Waals surface area (Å²) in [5.74, 6) is 7.73. The van der Waals surface area contributed by atoms with Gasteiger partial charge in [0.25, 0.3) is 0 Å². The van der Waals surface area contributed by atoms with E-state index in [9.17, 15) is 0 Å². The van der Waals surface area contributed by atoms with Crippen molar-refractivity contribution in [3.05, 3.63) is 47.1 Å². The second kappa shape index (κ2) is 5.78. The fourth-order valence-corrected chi connectivity index (χ4v) is 3.39. The number of aromatic nitrogens is 2. The highest BCUT2D eigenvalue weighted by Gasteiger charge is 2.08. The molecule has 6 heteroatoms. The maximum Gasteiger partial charge on any atom is 0.152 e. The van der Waals surface area contributed by atoms with Crippen molar-refractivity contribution in [2.75, 3.05) is 5.43 Å². The minimum Gasteiger partial charge on any atom is -0.308 e. The first kappa shape index (κ1) is 13.4. The number of thiophene rings is 1. The Hall–Kier alpha value is -1.63. The number of nitrogens with zero attached hydrogens (tertiary/aromatic N) is 2. The van der Waals surface area contributed by atoms with Crippen LogP contribution in [0.25, 0.3) is 10.2 Å². The molecule has 0 aliphatic heterocycles. The van der Waals surface area contributed by atoms with E-state index in [0.29, 0.717) is 5.82 Å². The van der Waals surface area contributed by atoms with Crippen LogP contribution in [0.1, 0.15) is 11.4 Å². The van der Waals surface area contributed by atoms with E-state index in [1.165, 1.54) is 10.5 Å². The molecular weight excluding hydrogens is 288 g/mol. The largest absolute Gasteiger partial charge is 0.308 e. The van der Waals surface area contributed by atoms with E-state index in [4.69, 9.17) is 5.84 Å². The zero-order valence-electron chi connectivity index (χ0n) is 11.0. The van der Waals surface area contributed by atoms with Gasteiger partial charge in [0.05, 0.1) is 11.1 Å². The summed E-state index contributed by atoms with van der Waals surface area (Å²) in [6.07, 6.45) is 0. The zero-order valence-corrected chi connectivity index (χ0v) is 12.6. The molecule has 0 radical (unpaired) electrons. The molecule has 0 bridgehead atoms. The molecular formula is C14H14N4S2. The number of nitrogens with two attached hydrogens (primary N) is 1. The van der Waals surface area contributed by atoms with Crippen LogP contribution in [0.3, 0.4) is 0 Å². The second-order valence-electron chi connectivity index (χ2n) is 4.37. The number of anilines is 1. The summed E-state index contributed by atoms with van der Waals surface area (Å²) in [6, 6.07) is 10.4. The van der Waals surface area contributed by atoms with Crippen molar-refractivity contribution in [3.8, 4) is 0 Å². The number of thioether (sulfide) groups is 1. The van der Waals surface area contributed by atoms with Gasteiger partial charge in [-0.3, -0.25) is 0 Å². The fourth-order valence-electron chi connectivity index (χ4n) is 1.86. The molecule has 1 aromatic carbocycles. The van der Waals surface area contributed by atoms with Crippen LogP contribution >= 0.6 is 23.1 Å². The summed E-state index contributed by atoms with van der Waals surface area (Å²) in [6.45, 7) is 2.08. The molecule has 0 saturated heterocycles. The van der Waals surface area contributed by atoms with Crippen LogP contribution in [0.2, 0.25) is 0 Å². The predicted molar refractivity (Wildman–Crippen MR) is 86.0 cm³/mol. The number of hydrazine groups is 1. The third-order valence-electron chi connectivity index (χ3n) is 2.90. The number of nitrogens with one attached hydrogen (secondary N) is 1. The minimum atomic E-state index is 0.691. The Morgan fingerprint density at radius 2 is 2.00 bits per heavy atom.